The molecule has 0 saturated heterocycles. The number of carbonyl (C=O) groups is 1. The van der Waals surface area contributed by atoms with Gasteiger partial charge in [0.15, 0.2) is 0 Å². The fourth-order valence-corrected chi connectivity index (χ4v) is 0.602. The van der Waals surface area contributed by atoms with Gasteiger partial charge in [0.05, 0.1) is 0 Å². The Kier molecular flexibility index (Phi) is 4.07. The summed E-state index contributed by atoms with van der Waals surface area (Å²) in [4.78, 5) is 10.4. The third-order valence-electron chi connectivity index (χ3n) is 1.06. The van der Waals surface area contributed by atoms with E-state index in [1.54, 1.807) is 24.3 Å². The maximum absolute atomic E-state index is 10.4. The van der Waals surface area contributed by atoms with Crippen molar-refractivity contribution in [2.75, 3.05) is 0 Å². The Hall–Kier alpha value is -0.544. The lowest BCUT2D eigenvalue weighted by atomic mass is 10.2. The summed E-state index contributed by atoms with van der Waals surface area (Å²) in [6.07, 6.45) is 0. The van der Waals surface area contributed by atoms with Gasteiger partial charge in [0, 0.05) is 28.6 Å². The number of hydrogen-bond donors (Lipinski definition) is 1. The Morgan fingerprint density at radius 1 is 1.20 bits per heavy atom. The van der Waals surface area contributed by atoms with Gasteiger partial charge in [0.25, 0.3) is 0 Å². The average molecular weight is 145 g/mol. The highest BCUT2D eigenvalue weighted by atomic mass is 24.3. The van der Waals surface area contributed by atoms with Crippen molar-refractivity contribution in [2.24, 2.45) is 5.73 Å². The Bertz CT molecular complexity index is 210. The van der Waals surface area contributed by atoms with E-state index in [1.807, 2.05) is 6.07 Å². The summed E-state index contributed by atoms with van der Waals surface area (Å²) in [5, 5.41) is 0. The first-order valence-corrected chi connectivity index (χ1v) is 2.65. The first kappa shape index (κ1) is 9.46. The maximum Gasteiger partial charge on any atom is 0.248 e. The molecule has 1 amide bonds. The van der Waals surface area contributed by atoms with E-state index in [9.17, 15) is 4.79 Å². The lowest BCUT2D eigenvalue weighted by Gasteiger charge is -1.89. The molecular weight excluding hydrogens is 138 g/mol. The molecule has 3 heteroatoms. The fourth-order valence-electron chi connectivity index (χ4n) is 0.602. The zero-order chi connectivity index (χ0) is 6.69. The summed E-state index contributed by atoms with van der Waals surface area (Å²) in [6.45, 7) is 0. The topological polar surface area (TPSA) is 43.1 Å². The van der Waals surface area contributed by atoms with Gasteiger partial charge in [-0.3, -0.25) is 4.79 Å². The molecule has 1 aromatic carbocycles. The van der Waals surface area contributed by atoms with Gasteiger partial charge in [0.1, 0.15) is 0 Å². The number of rotatable bonds is 1. The molecule has 2 nitrogen and oxygen atoms in total. The van der Waals surface area contributed by atoms with Crippen molar-refractivity contribution in [1.82, 2.24) is 0 Å². The van der Waals surface area contributed by atoms with Crippen molar-refractivity contribution in [3.05, 3.63) is 35.9 Å². The van der Waals surface area contributed by atoms with Crippen LogP contribution in [0.4, 0.5) is 0 Å². The van der Waals surface area contributed by atoms with Crippen LogP contribution in [-0.4, -0.2) is 29.0 Å². The molecule has 10 heavy (non-hydrogen) atoms. The van der Waals surface area contributed by atoms with E-state index in [0.29, 0.717) is 5.56 Å². The number of hydrogen-bond acceptors (Lipinski definition) is 1. The molecule has 0 aromatic heterocycles. The molecule has 0 unspecified atom stereocenters. The number of carbonyl (C=O) groups excluding carboxylic acids is 1. The second-order valence-electron chi connectivity index (χ2n) is 1.73. The molecule has 0 aliphatic heterocycles. The first-order chi connectivity index (χ1) is 4.30. The van der Waals surface area contributed by atoms with Crippen LogP contribution in [-0.2, 0) is 0 Å². The molecule has 0 saturated carbocycles. The normalized spacial score (nSPS) is 8.00. The minimum Gasteiger partial charge on any atom is -0.366 e. The third-order valence-corrected chi connectivity index (χ3v) is 1.06. The summed E-state index contributed by atoms with van der Waals surface area (Å²) < 4.78 is 0. The number of nitrogens with two attached hydrogens (primary N) is 1. The van der Waals surface area contributed by atoms with Crippen molar-refractivity contribution < 1.29 is 4.79 Å². The van der Waals surface area contributed by atoms with Crippen LogP contribution in [0.3, 0.4) is 0 Å². The lowest BCUT2D eigenvalue weighted by molar-refractivity contribution is 0.100. The van der Waals surface area contributed by atoms with Crippen molar-refractivity contribution in [2.45, 2.75) is 0 Å². The van der Waals surface area contributed by atoms with Gasteiger partial charge in [-0.05, 0) is 12.1 Å². The highest BCUT2D eigenvalue weighted by Crippen LogP contribution is 1.94. The molecule has 0 heterocycles. The highest BCUT2D eigenvalue weighted by molar-refractivity contribution is 5.92. The van der Waals surface area contributed by atoms with E-state index < -0.39 is 0 Å². The molecule has 0 aliphatic rings. The Morgan fingerprint density at radius 2 is 1.70 bits per heavy atom. The Labute approximate surface area is 75.6 Å². The molecule has 0 atom stereocenters. The molecule has 0 spiro atoms. The van der Waals surface area contributed by atoms with Crippen LogP contribution in [0.25, 0.3) is 0 Å². The average Bonchev–Trinajstić information content (AvgIpc) is 1.90. The van der Waals surface area contributed by atoms with Gasteiger partial charge >= 0.3 is 0 Å². The predicted molar refractivity (Wildman–Crippen MR) is 40.7 cm³/mol. The van der Waals surface area contributed by atoms with Gasteiger partial charge in [-0.15, -0.1) is 0 Å². The van der Waals surface area contributed by atoms with Crippen LogP contribution in [0.5, 0.6) is 0 Å². The molecule has 0 fully saturated rings. The van der Waals surface area contributed by atoms with E-state index >= 15 is 0 Å². The van der Waals surface area contributed by atoms with E-state index in [1.165, 1.54) is 0 Å². The Balaban J connectivity index is 0.000000810. The number of primary amides is 1. The Morgan fingerprint density at radius 3 is 2.00 bits per heavy atom. The number of benzene rings is 1. The summed E-state index contributed by atoms with van der Waals surface area (Å²) in [5.74, 6) is -0.379. The second-order valence-corrected chi connectivity index (χ2v) is 1.73. The summed E-state index contributed by atoms with van der Waals surface area (Å²) in [7, 11) is 0. The van der Waals surface area contributed by atoms with E-state index in [4.69, 9.17) is 5.73 Å². The van der Waals surface area contributed by atoms with Crippen molar-refractivity contribution >= 4 is 29.0 Å². The van der Waals surface area contributed by atoms with Crippen LogP contribution < -0.4 is 5.73 Å². The molecule has 0 aliphatic carbocycles. The molecular formula is C7H7MgNO. The maximum atomic E-state index is 10.4. The number of amides is 1. The standard InChI is InChI=1S/C7H7NO.Mg/c8-7(9)6-4-2-1-3-5-6;/h1-5H,(H2,8,9);. The van der Waals surface area contributed by atoms with Crippen molar-refractivity contribution in [1.29, 1.82) is 0 Å². The SMILES string of the molecule is NC(=O)c1ccccc1.[Mg]. The molecule has 2 radical (unpaired) electrons. The van der Waals surface area contributed by atoms with Crippen LogP contribution in [0.2, 0.25) is 0 Å². The molecule has 48 valence electrons. The van der Waals surface area contributed by atoms with Crippen molar-refractivity contribution in [3.8, 4) is 0 Å². The summed E-state index contributed by atoms with van der Waals surface area (Å²) in [5.41, 5.74) is 5.53. The second kappa shape index (κ2) is 4.30. The van der Waals surface area contributed by atoms with E-state index in [-0.39, 0.29) is 29.0 Å². The van der Waals surface area contributed by atoms with Crippen molar-refractivity contribution in [3.63, 3.8) is 0 Å². The molecule has 2 N–H and O–H groups in total. The fraction of sp³-hybridized carbons (Fsp3) is 0. The summed E-state index contributed by atoms with van der Waals surface area (Å²) >= 11 is 0. The van der Waals surface area contributed by atoms with E-state index in [2.05, 4.69) is 0 Å². The monoisotopic (exact) mass is 145 g/mol. The molecule has 1 rings (SSSR count). The zero-order valence-electron chi connectivity index (χ0n) is 5.58. The van der Waals surface area contributed by atoms with Crippen LogP contribution in [0.15, 0.2) is 30.3 Å². The first-order valence-electron chi connectivity index (χ1n) is 2.65. The minimum atomic E-state index is -0.379. The lowest BCUT2D eigenvalue weighted by Crippen LogP contribution is -2.09. The van der Waals surface area contributed by atoms with Gasteiger partial charge in [-0.25, -0.2) is 0 Å². The van der Waals surface area contributed by atoms with Crippen LogP contribution in [0.1, 0.15) is 10.4 Å². The van der Waals surface area contributed by atoms with Gasteiger partial charge < -0.3 is 5.73 Å². The largest absolute Gasteiger partial charge is 0.366 e. The molecule has 1 aromatic rings. The van der Waals surface area contributed by atoms with Gasteiger partial charge in [0.2, 0.25) is 5.91 Å². The smallest absolute Gasteiger partial charge is 0.248 e. The minimum absolute atomic E-state index is 0. The van der Waals surface area contributed by atoms with Gasteiger partial charge in [-0.2, -0.15) is 0 Å². The zero-order valence-corrected chi connectivity index (χ0v) is 6.99. The van der Waals surface area contributed by atoms with Crippen LogP contribution in [0, 0.1) is 0 Å². The third kappa shape index (κ3) is 2.37. The quantitative estimate of drug-likeness (QED) is 0.572. The van der Waals surface area contributed by atoms with Gasteiger partial charge in [-0.1, -0.05) is 18.2 Å². The van der Waals surface area contributed by atoms with E-state index in [0.717, 1.165) is 0 Å². The summed E-state index contributed by atoms with van der Waals surface area (Å²) in [6, 6.07) is 8.76. The predicted octanol–water partition coefficient (Wildman–Crippen LogP) is 0.405. The highest BCUT2D eigenvalue weighted by Gasteiger charge is 1.93. The van der Waals surface area contributed by atoms with Crippen LogP contribution >= 0.6 is 0 Å². The molecule has 0 bridgehead atoms.